The molecule has 0 amide bonds. The van der Waals surface area contributed by atoms with Gasteiger partial charge in [0, 0.05) is 5.56 Å². The molecule has 1 aromatic heterocycles. The van der Waals surface area contributed by atoms with Gasteiger partial charge < -0.3 is 14.8 Å². The highest BCUT2D eigenvalue weighted by atomic mass is 16.5. The lowest BCUT2D eigenvalue weighted by Gasteiger charge is -2.09. The summed E-state index contributed by atoms with van der Waals surface area (Å²) in [5, 5.41) is 25.0. The number of hydrogen-bond donors (Lipinski definition) is 2. The van der Waals surface area contributed by atoms with E-state index >= 15 is 0 Å². The van der Waals surface area contributed by atoms with Gasteiger partial charge in [-0.15, -0.1) is 0 Å². The van der Waals surface area contributed by atoms with Crippen molar-refractivity contribution in [3.63, 3.8) is 0 Å². The Balaban J connectivity index is 2.37. The average Bonchev–Trinajstić information content (AvgIpc) is 2.78. The van der Waals surface area contributed by atoms with E-state index in [0.717, 1.165) is 0 Å². The summed E-state index contributed by atoms with van der Waals surface area (Å²) < 4.78 is 4.99. The molecule has 0 spiro atoms. The van der Waals surface area contributed by atoms with Gasteiger partial charge in [-0.05, 0) is 25.5 Å². The van der Waals surface area contributed by atoms with E-state index in [9.17, 15) is 5.11 Å². The lowest BCUT2D eigenvalue weighted by Crippen LogP contribution is -2.15. The number of aromatic nitrogens is 2. The molecule has 1 aromatic carbocycles. The van der Waals surface area contributed by atoms with Crippen LogP contribution in [0.2, 0.25) is 0 Å². The summed E-state index contributed by atoms with van der Waals surface area (Å²) in [5.74, 6) is 0.527. The second-order valence-corrected chi connectivity index (χ2v) is 4.35. The summed E-state index contributed by atoms with van der Waals surface area (Å²) in [6.45, 7) is 3.14. The predicted molar refractivity (Wildman–Crippen MR) is 64.4 cm³/mol. The van der Waals surface area contributed by atoms with Crippen molar-refractivity contribution in [3.05, 3.63) is 35.7 Å². The molecule has 0 bridgehead atoms. The minimum Gasteiger partial charge on any atom is -0.411 e. The summed E-state index contributed by atoms with van der Waals surface area (Å²) in [5.41, 5.74) is 0.256. The number of benzene rings is 1. The van der Waals surface area contributed by atoms with Gasteiger partial charge in [-0.25, -0.2) is 0 Å². The lowest BCUT2D eigenvalue weighted by atomic mass is 10.1. The lowest BCUT2D eigenvalue weighted by molar-refractivity contribution is 0.0420. The molecule has 6 heteroatoms. The summed E-state index contributed by atoms with van der Waals surface area (Å²) in [7, 11) is 0. The molecule has 2 aromatic rings. The van der Waals surface area contributed by atoms with Crippen LogP contribution < -0.4 is 0 Å². The monoisotopic (exact) mass is 247 g/mol. The van der Waals surface area contributed by atoms with Gasteiger partial charge in [0.05, 0.1) is 6.21 Å². The largest absolute Gasteiger partial charge is 0.411 e. The minimum atomic E-state index is -1.17. The topological polar surface area (TPSA) is 91.7 Å². The maximum atomic E-state index is 9.74. The predicted octanol–water partition coefficient (Wildman–Crippen LogP) is 1.77. The number of aliphatic hydroxyl groups is 1. The van der Waals surface area contributed by atoms with Gasteiger partial charge in [0.2, 0.25) is 5.82 Å². The fourth-order valence-corrected chi connectivity index (χ4v) is 1.41. The fourth-order valence-electron chi connectivity index (χ4n) is 1.41. The SMILES string of the molecule is CC(C)(O)c1nc(-c2cccc(/C=N/O)c2)no1. The maximum absolute atomic E-state index is 9.74. The third kappa shape index (κ3) is 2.54. The second-order valence-electron chi connectivity index (χ2n) is 4.35. The zero-order valence-corrected chi connectivity index (χ0v) is 10.0. The highest BCUT2D eigenvalue weighted by Gasteiger charge is 2.24. The van der Waals surface area contributed by atoms with Crippen molar-refractivity contribution < 1.29 is 14.8 Å². The van der Waals surface area contributed by atoms with Crippen LogP contribution in [-0.2, 0) is 5.60 Å². The van der Waals surface area contributed by atoms with Crippen LogP contribution in [-0.4, -0.2) is 26.7 Å². The number of hydrogen-bond acceptors (Lipinski definition) is 6. The van der Waals surface area contributed by atoms with Gasteiger partial charge in [-0.2, -0.15) is 4.98 Å². The molecule has 0 radical (unpaired) electrons. The summed E-state index contributed by atoms with van der Waals surface area (Å²) in [4.78, 5) is 4.12. The van der Waals surface area contributed by atoms with Crippen molar-refractivity contribution in [1.29, 1.82) is 0 Å². The second kappa shape index (κ2) is 4.58. The Morgan fingerprint density at radius 3 is 2.78 bits per heavy atom. The van der Waals surface area contributed by atoms with Gasteiger partial charge in [0.1, 0.15) is 5.60 Å². The molecule has 0 atom stereocenters. The Hall–Kier alpha value is -2.21. The molecule has 0 aliphatic heterocycles. The Labute approximate surface area is 104 Å². The van der Waals surface area contributed by atoms with E-state index in [-0.39, 0.29) is 5.89 Å². The molecule has 94 valence electrons. The van der Waals surface area contributed by atoms with Crippen LogP contribution in [0.3, 0.4) is 0 Å². The van der Waals surface area contributed by atoms with Gasteiger partial charge in [-0.1, -0.05) is 28.5 Å². The molecule has 0 unspecified atom stereocenters. The Morgan fingerprint density at radius 2 is 2.17 bits per heavy atom. The van der Waals surface area contributed by atoms with Crippen molar-refractivity contribution in [1.82, 2.24) is 10.1 Å². The highest BCUT2D eigenvalue weighted by molar-refractivity contribution is 5.81. The first-order valence-electron chi connectivity index (χ1n) is 5.35. The minimum absolute atomic E-state index is 0.152. The molecule has 0 saturated carbocycles. The van der Waals surface area contributed by atoms with E-state index in [1.54, 1.807) is 38.1 Å². The maximum Gasteiger partial charge on any atom is 0.258 e. The van der Waals surface area contributed by atoms with Crippen LogP contribution in [0.4, 0.5) is 0 Å². The van der Waals surface area contributed by atoms with Crippen molar-refractivity contribution in [3.8, 4) is 11.4 Å². The number of nitrogens with zero attached hydrogens (tertiary/aromatic N) is 3. The van der Waals surface area contributed by atoms with Crippen LogP contribution in [0.15, 0.2) is 33.9 Å². The quantitative estimate of drug-likeness (QED) is 0.490. The van der Waals surface area contributed by atoms with Gasteiger partial charge in [0.15, 0.2) is 0 Å². The molecule has 1 heterocycles. The Kier molecular flexibility index (Phi) is 3.12. The highest BCUT2D eigenvalue weighted by Crippen LogP contribution is 2.22. The third-order valence-corrected chi connectivity index (χ3v) is 2.30. The van der Waals surface area contributed by atoms with E-state index in [1.165, 1.54) is 6.21 Å². The number of rotatable bonds is 3. The first kappa shape index (κ1) is 12.3. The van der Waals surface area contributed by atoms with Crippen molar-refractivity contribution in [2.24, 2.45) is 5.16 Å². The van der Waals surface area contributed by atoms with E-state index in [4.69, 9.17) is 9.73 Å². The molecule has 0 fully saturated rings. The molecule has 0 aliphatic rings. The van der Waals surface area contributed by atoms with Crippen LogP contribution in [0.5, 0.6) is 0 Å². The van der Waals surface area contributed by atoms with Gasteiger partial charge in [-0.3, -0.25) is 0 Å². The molecule has 0 saturated heterocycles. The Morgan fingerprint density at radius 1 is 1.39 bits per heavy atom. The van der Waals surface area contributed by atoms with Crippen molar-refractivity contribution >= 4 is 6.21 Å². The standard InChI is InChI=1S/C12H13N3O3/c1-12(2,16)11-14-10(15-18-11)9-5-3-4-8(6-9)7-13-17/h3-7,16-17H,1-2H3/b13-7+. The van der Waals surface area contributed by atoms with Crippen molar-refractivity contribution in [2.75, 3.05) is 0 Å². The van der Waals surface area contributed by atoms with E-state index in [0.29, 0.717) is 17.0 Å². The molecular formula is C12H13N3O3. The molecule has 0 aliphatic carbocycles. The van der Waals surface area contributed by atoms with Crippen LogP contribution >= 0.6 is 0 Å². The normalized spacial score (nSPS) is 12.2. The number of oxime groups is 1. The zero-order chi connectivity index (χ0) is 13.2. The fraction of sp³-hybridized carbons (Fsp3) is 0.250. The first-order valence-corrected chi connectivity index (χ1v) is 5.35. The summed E-state index contributed by atoms with van der Waals surface area (Å²) in [6, 6.07) is 7.11. The first-order chi connectivity index (χ1) is 8.50. The Bertz CT molecular complexity index is 570. The van der Waals surface area contributed by atoms with Crippen molar-refractivity contribution in [2.45, 2.75) is 19.4 Å². The molecule has 2 rings (SSSR count). The summed E-state index contributed by atoms with van der Waals surface area (Å²) in [6.07, 6.45) is 1.31. The van der Waals surface area contributed by atoms with Crippen LogP contribution in [0.25, 0.3) is 11.4 Å². The van der Waals surface area contributed by atoms with Crippen LogP contribution in [0.1, 0.15) is 25.3 Å². The van der Waals surface area contributed by atoms with Gasteiger partial charge >= 0.3 is 0 Å². The van der Waals surface area contributed by atoms with Crippen LogP contribution in [0, 0.1) is 0 Å². The van der Waals surface area contributed by atoms with E-state index < -0.39 is 5.60 Å². The van der Waals surface area contributed by atoms with Gasteiger partial charge in [0.25, 0.3) is 5.89 Å². The third-order valence-electron chi connectivity index (χ3n) is 2.30. The zero-order valence-electron chi connectivity index (χ0n) is 10.0. The van der Waals surface area contributed by atoms with E-state index in [2.05, 4.69) is 15.3 Å². The molecule has 6 nitrogen and oxygen atoms in total. The van der Waals surface area contributed by atoms with E-state index in [1.807, 2.05) is 0 Å². The molecule has 2 N–H and O–H groups in total. The smallest absolute Gasteiger partial charge is 0.258 e. The molecular weight excluding hydrogens is 234 g/mol. The molecule has 18 heavy (non-hydrogen) atoms. The summed E-state index contributed by atoms with van der Waals surface area (Å²) >= 11 is 0. The average molecular weight is 247 g/mol.